The van der Waals surface area contributed by atoms with E-state index >= 15 is 0 Å². The highest BCUT2D eigenvalue weighted by Crippen LogP contribution is 2.46. The minimum Gasteiger partial charge on any atom is -0.387 e. The van der Waals surface area contributed by atoms with Gasteiger partial charge >= 0.3 is 0 Å². The number of hydrogen-bond donors (Lipinski definition) is 2. The second-order valence-corrected chi connectivity index (χ2v) is 5.86. The molecule has 1 aromatic rings. The highest BCUT2D eigenvalue weighted by Gasteiger charge is 2.41. The molecule has 1 saturated carbocycles. The molecule has 0 spiro atoms. The van der Waals surface area contributed by atoms with Gasteiger partial charge in [-0.15, -0.1) is 0 Å². The molecular formula is C13H18FNOS. The van der Waals surface area contributed by atoms with Crippen molar-refractivity contribution in [1.29, 1.82) is 0 Å². The Labute approximate surface area is 106 Å². The fraction of sp³-hybridized carbons (Fsp3) is 0.538. The first-order valence-corrected chi connectivity index (χ1v) is 7.07. The van der Waals surface area contributed by atoms with Crippen LogP contribution in [0.1, 0.15) is 24.5 Å². The van der Waals surface area contributed by atoms with Crippen molar-refractivity contribution in [3.8, 4) is 0 Å². The maximum absolute atomic E-state index is 12.7. The van der Waals surface area contributed by atoms with Gasteiger partial charge in [0, 0.05) is 17.8 Å². The summed E-state index contributed by atoms with van der Waals surface area (Å²) in [7, 11) is 0. The molecule has 2 nitrogen and oxygen atoms in total. The third-order valence-corrected chi connectivity index (χ3v) is 4.70. The maximum Gasteiger partial charge on any atom is 0.123 e. The zero-order chi connectivity index (χ0) is 12.3. The standard InChI is InChI=1S/C13H18FNOS/c1-17-13(6-7-13)9-15-8-12(16)10-2-4-11(14)5-3-10/h2-5,12,15-16H,6-9H2,1H3. The minimum atomic E-state index is -0.562. The van der Waals surface area contributed by atoms with Crippen LogP contribution in [0, 0.1) is 5.82 Å². The maximum atomic E-state index is 12.7. The van der Waals surface area contributed by atoms with Crippen molar-refractivity contribution in [2.45, 2.75) is 23.7 Å². The van der Waals surface area contributed by atoms with E-state index in [1.54, 1.807) is 12.1 Å². The molecule has 0 radical (unpaired) electrons. The second kappa shape index (κ2) is 5.38. The molecule has 1 aromatic carbocycles. The predicted octanol–water partition coefficient (Wildman–Crippen LogP) is 2.34. The van der Waals surface area contributed by atoms with E-state index in [1.165, 1.54) is 25.0 Å². The van der Waals surface area contributed by atoms with E-state index in [0.717, 1.165) is 12.1 Å². The molecule has 0 heterocycles. The van der Waals surface area contributed by atoms with E-state index < -0.39 is 6.10 Å². The van der Waals surface area contributed by atoms with E-state index in [4.69, 9.17) is 0 Å². The zero-order valence-corrected chi connectivity index (χ0v) is 10.8. The van der Waals surface area contributed by atoms with Gasteiger partial charge in [-0.25, -0.2) is 4.39 Å². The van der Waals surface area contributed by atoms with Crippen LogP contribution in [0.4, 0.5) is 4.39 Å². The molecular weight excluding hydrogens is 237 g/mol. The normalized spacial score (nSPS) is 19.0. The van der Waals surface area contributed by atoms with E-state index in [-0.39, 0.29) is 5.82 Å². The van der Waals surface area contributed by atoms with Crippen LogP contribution in [0.2, 0.25) is 0 Å². The molecule has 2 rings (SSSR count). The summed E-state index contributed by atoms with van der Waals surface area (Å²) in [5.74, 6) is -0.270. The summed E-state index contributed by atoms with van der Waals surface area (Å²) in [4.78, 5) is 0. The molecule has 0 aliphatic heterocycles. The first-order chi connectivity index (χ1) is 8.15. The average molecular weight is 255 g/mol. The van der Waals surface area contributed by atoms with Gasteiger partial charge in [-0.1, -0.05) is 12.1 Å². The lowest BCUT2D eigenvalue weighted by Gasteiger charge is -2.16. The smallest absolute Gasteiger partial charge is 0.123 e. The fourth-order valence-corrected chi connectivity index (χ4v) is 2.59. The summed E-state index contributed by atoms with van der Waals surface area (Å²) in [6, 6.07) is 6.01. The number of benzene rings is 1. The number of aliphatic hydroxyl groups is 1. The van der Waals surface area contributed by atoms with Crippen LogP contribution in [0.25, 0.3) is 0 Å². The Kier molecular flexibility index (Phi) is 4.07. The van der Waals surface area contributed by atoms with Crippen LogP contribution in [-0.4, -0.2) is 29.2 Å². The SMILES string of the molecule is CSC1(CNCC(O)c2ccc(F)cc2)CC1. The molecule has 1 fully saturated rings. The topological polar surface area (TPSA) is 32.3 Å². The molecule has 1 aliphatic carbocycles. The van der Waals surface area contributed by atoms with Gasteiger partial charge in [0.2, 0.25) is 0 Å². The van der Waals surface area contributed by atoms with Crippen molar-refractivity contribution >= 4 is 11.8 Å². The Balaban J connectivity index is 1.77. The number of hydrogen-bond acceptors (Lipinski definition) is 3. The summed E-state index contributed by atoms with van der Waals surface area (Å²) >= 11 is 1.89. The van der Waals surface area contributed by atoms with Gasteiger partial charge in [0.1, 0.15) is 5.82 Å². The van der Waals surface area contributed by atoms with Gasteiger partial charge in [0.05, 0.1) is 6.10 Å². The number of nitrogens with one attached hydrogen (secondary N) is 1. The summed E-state index contributed by atoms with van der Waals surface area (Å²) < 4.78 is 13.1. The van der Waals surface area contributed by atoms with Crippen LogP contribution < -0.4 is 5.32 Å². The van der Waals surface area contributed by atoms with Crippen molar-refractivity contribution < 1.29 is 9.50 Å². The molecule has 1 aliphatic rings. The molecule has 2 N–H and O–H groups in total. The lowest BCUT2D eigenvalue weighted by Crippen LogP contribution is -2.29. The molecule has 0 amide bonds. The number of aliphatic hydroxyl groups excluding tert-OH is 1. The fourth-order valence-electron chi connectivity index (χ4n) is 1.83. The first-order valence-electron chi connectivity index (χ1n) is 5.85. The van der Waals surface area contributed by atoms with Crippen molar-refractivity contribution in [2.75, 3.05) is 19.3 Å². The molecule has 94 valence electrons. The van der Waals surface area contributed by atoms with Gasteiger partial charge in [-0.2, -0.15) is 11.8 Å². The summed E-state index contributed by atoms with van der Waals surface area (Å²) in [6.07, 6.45) is 4.08. The Hall–Kier alpha value is -0.580. The van der Waals surface area contributed by atoms with Crippen molar-refractivity contribution in [3.63, 3.8) is 0 Å². The lowest BCUT2D eigenvalue weighted by atomic mass is 10.1. The van der Waals surface area contributed by atoms with Crippen molar-refractivity contribution in [2.24, 2.45) is 0 Å². The van der Waals surface area contributed by atoms with Gasteiger partial charge in [-0.05, 0) is 36.8 Å². The highest BCUT2D eigenvalue weighted by atomic mass is 32.2. The average Bonchev–Trinajstić information content (AvgIpc) is 3.10. The molecule has 4 heteroatoms. The van der Waals surface area contributed by atoms with E-state index in [2.05, 4.69) is 11.6 Å². The second-order valence-electron chi connectivity index (χ2n) is 4.59. The van der Waals surface area contributed by atoms with E-state index in [9.17, 15) is 9.50 Å². The highest BCUT2D eigenvalue weighted by molar-refractivity contribution is 8.00. The Bertz CT molecular complexity index is 364. The molecule has 0 bridgehead atoms. The van der Waals surface area contributed by atoms with E-state index in [0.29, 0.717) is 11.3 Å². The van der Waals surface area contributed by atoms with Crippen LogP contribution in [0.5, 0.6) is 0 Å². The molecule has 17 heavy (non-hydrogen) atoms. The van der Waals surface area contributed by atoms with Crippen molar-refractivity contribution in [1.82, 2.24) is 5.32 Å². The van der Waals surface area contributed by atoms with Crippen LogP contribution >= 0.6 is 11.8 Å². The number of rotatable bonds is 6. The Morgan fingerprint density at radius 3 is 2.59 bits per heavy atom. The summed E-state index contributed by atoms with van der Waals surface area (Å²) in [5, 5.41) is 13.2. The minimum absolute atomic E-state index is 0.270. The first kappa shape index (κ1) is 12.9. The monoisotopic (exact) mass is 255 g/mol. The Morgan fingerprint density at radius 2 is 2.06 bits per heavy atom. The summed E-state index contributed by atoms with van der Waals surface area (Å²) in [6.45, 7) is 1.46. The van der Waals surface area contributed by atoms with Gasteiger partial charge in [-0.3, -0.25) is 0 Å². The predicted molar refractivity (Wildman–Crippen MR) is 69.7 cm³/mol. The van der Waals surface area contributed by atoms with Crippen LogP contribution in [0.15, 0.2) is 24.3 Å². The van der Waals surface area contributed by atoms with E-state index in [1.807, 2.05) is 11.8 Å². The molecule has 1 atom stereocenters. The summed E-state index contributed by atoms with van der Waals surface area (Å²) in [5.41, 5.74) is 0.757. The van der Waals surface area contributed by atoms with Crippen LogP contribution in [0.3, 0.4) is 0 Å². The lowest BCUT2D eigenvalue weighted by molar-refractivity contribution is 0.174. The number of halogens is 1. The third kappa shape index (κ3) is 3.44. The molecule has 0 aromatic heterocycles. The van der Waals surface area contributed by atoms with Gasteiger partial charge in [0.25, 0.3) is 0 Å². The quantitative estimate of drug-likeness (QED) is 0.818. The van der Waals surface area contributed by atoms with Gasteiger partial charge in [0.15, 0.2) is 0 Å². The number of thioether (sulfide) groups is 1. The van der Waals surface area contributed by atoms with Crippen LogP contribution in [-0.2, 0) is 0 Å². The van der Waals surface area contributed by atoms with Gasteiger partial charge < -0.3 is 10.4 Å². The molecule has 0 saturated heterocycles. The zero-order valence-electron chi connectivity index (χ0n) is 9.95. The molecule has 1 unspecified atom stereocenters. The largest absolute Gasteiger partial charge is 0.387 e. The third-order valence-electron chi connectivity index (χ3n) is 3.28. The Morgan fingerprint density at radius 1 is 1.41 bits per heavy atom. The van der Waals surface area contributed by atoms with Crippen molar-refractivity contribution in [3.05, 3.63) is 35.6 Å².